The van der Waals surface area contributed by atoms with Crippen molar-refractivity contribution in [2.45, 2.75) is 13.5 Å². The Morgan fingerprint density at radius 3 is 2.50 bits per heavy atom. The van der Waals surface area contributed by atoms with E-state index >= 15 is 0 Å². The van der Waals surface area contributed by atoms with Gasteiger partial charge in [0.25, 0.3) is 0 Å². The van der Waals surface area contributed by atoms with E-state index in [0.717, 1.165) is 11.3 Å². The van der Waals surface area contributed by atoms with E-state index in [4.69, 9.17) is 11.6 Å². The van der Waals surface area contributed by atoms with Crippen molar-refractivity contribution in [3.8, 4) is 0 Å². The summed E-state index contributed by atoms with van der Waals surface area (Å²) < 4.78 is 4.75. The van der Waals surface area contributed by atoms with E-state index in [1.165, 1.54) is 4.57 Å². The maximum atomic E-state index is 11.7. The van der Waals surface area contributed by atoms with Crippen LogP contribution in [-0.4, -0.2) is 18.9 Å². The zero-order chi connectivity index (χ0) is 11.9. The second kappa shape index (κ2) is 3.83. The first-order valence-electron chi connectivity index (χ1n) is 4.90. The number of halogens is 1. The van der Waals surface area contributed by atoms with Crippen LogP contribution < -0.4 is 5.69 Å². The first-order chi connectivity index (χ1) is 7.50. The summed E-state index contributed by atoms with van der Waals surface area (Å²) in [5, 5.41) is 4.78. The fraction of sp³-hybridized carbons (Fsp3) is 0.400. The lowest BCUT2D eigenvalue weighted by molar-refractivity contribution is 0.714. The highest BCUT2D eigenvalue weighted by Gasteiger charge is 2.12. The molecule has 0 amide bonds. The Kier molecular flexibility index (Phi) is 2.63. The van der Waals surface area contributed by atoms with Crippen molar-refractivity contribution in [2.24, 2.45) is 14.1 Å². The zero-order valence-electron chi connectivity index (χ0n) is 9.44. The number of aryl methyl sites for hydroxylation is 3. The predicted molar refractivity (Wildman–Crippen MR) is 61.7 cm³/mol. The summed E-state index contributed by atoms with van der Waals surface area (Å²) in [6, 6.07) is 0. The van der Waals surface area contributed by atoms with Crippen molar-refractivity contribution >= 4 is 11.6 Å². The molecule has 0 radical (unpaired) electrons. The largest absolute Gasteiger partial charge is 0.328 e. The number of nitrogens with zero attached hydrogens (tertiary/aromatic N) is 4. The lowest BCUT2D eigenvalue weighted by Crippen LogP contribution is -2.22. The minimum atomic E-state index is -0.0562. The van der Waals surface area contributed by atoms with E-state index < -0.39 is 0 Å². The Morgan fingerprint density at radius 2 is 2.06 bits per heavy atom. The number of rotatable bonds is 2. The monoisotopic (exact) mass is 240 g/mol. The van der Waals surface area contributed by atoms with Crippen LogP contribution in [-0.2, 0) is 20.6 Å². The minimum absolute atomic E-state index is 0.0562. The summed E-state index contributed by atoms with van der Waals surface area (Å²) in [5.41, 5.74) is 1.68. The molecule has 0 aromatic carbocycles. The predicted octanol–water partition coefficient (Wildman–Crippen LogP) is 0.930. The number of hydrogen-bond acceptors (Lipinski definition) is 2. The van der Waals surface area contributed by atoms with Crippen LogP contribution in [0.5, 0.6) is 0 Å². The van der Waals surface area contributed by atoms with Crippen molar-refractivity contribution in [1.82, 2.24) is 18.9 Å². The van der Waals surface area contributed by atoms with Gasteiger partial charge in [-0.3, -0.25) is 9.25 Å². The fourth-order valence-electron chi connectivity index (χ4n) is 1.65. The highest BCUT2D eigenvalue weighted by Crippen LogP contribution is 2.18. The molecule has 0 aliphatic rings. The Bertz CT molecular complexity index is 578. The van der Waals surface area contributed by atoms with Gasteiger partial charge in [0.05, 0.1) is 12.2 Å². The molecule has 16 heavy (non-hydrogen) atoms. The summed E-state index contributed by atoms with van der Waals surface area (Å²) in [7, 11) is 3.50. The van der Waals surface area contributed by atoms with E-state index in [1.807, 2.05) is 6.92 Å². The van der Waals surface area contributed by atoms with Gasteiger partial charge in [-0.1, -0.05) is 11.6 Å². The van der Waals surface area contributed by atoms with E-state index in [9.17, 15) is 4.79 Å². The van der Waals surface area contributed by atoms with Gasteiger partial charge < -0.3 is 4.57 Å². The molecule has 5 nitrogen and oxygen atoms in total. The van der Waals surface area contributed by atoms with Gasteiger partial charge in [0.15, 0.2) is 0 Å². The van der Waals surface area contributed by atoms with Crippen LogP contribution in [0.4, 0.5) is 0 Å². The molecule has 0 aliphatic heterocycles. The van der Waals surface area contributed by atoms with Crippen LogP contribution in [0.3, 0.4) is 0 Å². The lowest BCUT2D eigenvalue weighted by Gasteiger charge is -2.01. The third-order valence-corrected chi connectivity index (χ3v) is 3.09. The average Bonchev–Trinajstić information content (AvgIpc) is 2.66. The maximum Gasteiger partial charge on any atom is 0.328 e. The lowest BCUT2D eigenvalue weighted by atomic mass is 10.2. The summed E-state index contributed by atoms with van der Waals surface area (Å²) in [4.78, 5) is 11.7. The molecular weight excluding hydrogens is 228 g/mol. The third kappa shape index (κ3) is 1.67. The Labute approximate surface area is 97.9 Å². The van der Waals surface area contributed by atoms with Gasteiger partial charge in [0.1, 0.15) is 5.15 Å². The maximum absolute atomic E-state index is 11.7. The molecule has 2 aromatic heterocycles. The van der Waals surface area contributed by atoms with Crippen molar-refractivity contribution in [1.29, 1.82) is 0 Å². The summed E-state index contributed by atoms with van der Waals surface area (Å²) in [6.07, 6.45) is 3.47. The average molecular weight is 241 g/mol. The van der Waals surface area contributed by atoms with Crippen molar-refractivity contribution < 1.29 is 0 Å². The Balaban J connectivity index is 2.41. The van der Waals surface area contributed by atoms with Crippen LogP contribution in [0.1, 0.15) is 11.3 Å². The van der Waals surface area contributed by atoms with Crippen LogP contribution in [0, 0.1) is 6.92 Å². The smallest absolute Gasteiger partial charge is 0.302 e. The number of hydrogen-bond donors (Lipinski definition) is 0. The topological polar surface area (TPSA) is 44.8 Å². The highest BCUT2D eigenvalue weighted by molar-refractivity contribution is 6.30. The second-order valence-corrected chi connectivity index (χ2v) is 4.16. The van der Waals surface area contributed by atoms with Gasteiger partial charge in [-0.15, -0.1) is 0 Å². The summed E-state index contributed by atoms with van der Waals surface area (Å²) >= 11 is 6.10. The molecule has 0 saturated carbocycles. The normalized spacial score (nSPS) is 11.0. The molecule has 6 heteroatoms. The van der Waals surface area contributed by atoms with E-state index in [-0.39, 0.29) is 5.69 Å². The van der Waals surface area contributed by atoms with Gasteiger partial charge in [-0.2, -0.15) is 5.10 Å². The summed E-state index contributed by atoms with van der Waals surface area (Å²) in [6.45, 7) is 2.34. The molecule has 0 saturated heterocycles. The SMILES string of the molecule is Cc1nn(C)c(Cl)c1Cn1ccn(C)c1=O. The van der Waals surface area contributed by atoms with Crippen LogP contribution in [0.2, 0.25) is 5.15 Å². The van der Waals surface area contributed by atoms with Crippen molar-refractivity contribution in [2.75, 3.05) is 0 Å². The van der Waals surface area contributed by atoms with E-state index in [1.54, 1.807) is 35.7 Å². The molecule has 0 N–H and O–H groups in total. The van der Waals surface area contributed by atoms with Crippen LogP contribution >= 0.6 is 11.6 Å². The van der Waals surface area contributed by atoms with Gasteiger partial charge >= 0.3 is 5.69 Å². The molecule has 0 bridgehead atoms. The van der Waals surface area contributed by atoms with Gasteiger partial charge in [-0.25, -0.2) is 4.79 Å². The van der Waals surface area contributed by atoms with E-state index in [0.29, 0.717) is 11.7 Å². The van der Waals surface area contributed by atoms with E-state index in [2.05, 4.69) is 5.10 Å². The molecule has 2 rings (SSSR count). The summed E-state index contributed by atoms with van der Waals surface area (Å²) in [5.74, 6) is 0. The molecule has 0 unspecified atom stereocenters. The third-order valence-electron chi connectivity index (χ3n) is 2.62. The van der Waals surface area contributed by atoms with Gasteiger partial charge in [0.2, 0.25) is 0 Å². The van der Waals surface area contributed by atoms with Gasteiger partial charge in [-0.05, 0) is 6.92 Å². The standard InChI is InChI=1S/C10H13ClN4O/c1-7-8(9(11)14(3)12-7)6-15-5-4-13(2)10(15)16/h4-5H,6H2,1-3H3. The highest BCUT2D eigenvalue weighted by atomic mass is 35.5. The first-order valence-corrected chi connectivity index (χ1v) is 5.28. The molecule has 0 aliphatic carbocycles. The number of aromatic nitrogens is 4. The number of imidazole rings is 1. The van der Waals surface area contributed by atoms with Crippen molar-refractivity contribution in [3.63, 3.8) is 0 Å². The molecule has 2 aromatic rings. The van der Waals surface area contributed by atoms with Gasteiger partial charge in [0, 0.05) is 32.1 Å². The molecular formula is C10H13ClN4O. The molecule has 0 fully saturated rings. The molecule has 0 atom stereocenters. The van der Waals surface area contributed by atoms with Crippen LogP contribution in [0.25, 0.3) is 0 Å². The van der Waals surface area contributed by atoms with Crippen LogP contribution in [0.15, 0.2) is 17.2 Å². The second-order valence-electron chi connectivity index (χ2n) is 3.80. The molecule has 2 heterocycles. The van der Waals surface area contributed by atoms with Crippen molar-refractivity contribution in [3.05, 3.63) is 39.3 Å². The Hall–Kier alpha value is -1.49. The molecule has 0 spiro atoms. The zero-order valence-corrected chi connectivity index (χ0v) is 10.2. The molecule has 86 valence electrons. The first kappa shape index (κ1) is 11.0. The minimum Gasteiger partial charge on any atom is -0.302 e. The fourth-order valence-corrected chi connectivity index (χ4v) is 1.89. The Morgan fingerprint density at radius 1 is 1.38 bits per heavy atom. The quantitative estimate of drug-likeness (QED) is 0.784.